The minimum Gasteiger partial charge on any atom is -0.494 e. The van der Waals surface area contributed by atoms with Crippen LogP contribution in [0.15, 0.2) is 42.6 Å². The number of fused-ring (bicyclic) bond motifs is 1. The molecule has 1 N–H and O–H groups in total. The monoisotopic (exact) mass is 296 g/mol. The maximum atomic E-state index is 11.7. The Morgan fingerprint density at radius 1 is 1.27 bits per heavy atom. The molecule has 0 amide bonds. The molecule has 3 aromatic rings. The van der Waals surface area contributed by atoms with Gasteiger partial charge in [-0.2, -0.15) is 0 Å². The van der Waals surface area contributed by atoms with Gasteiger partial charge in [0.05, 0.1) is 6.61 Å². The number of aromatic nitrogens is 2. The number of imidazole rings is 1. The van der Waals surface area contributed by atoms with Gasteiger partial charge in [0.1, 0.15) is 17.1 Å². The number of pyridine rings is 1. The quantitative estimate of drug-likeness (QED) is 0.801. The van der Waals surface area contributed by atoms with Gasteiger partial charge in [0.2, 0.25) is 0 Å². The zero-order valence-corrected chi connectivity index (χ0v) is 12.4. The molecular weight excluding hydrogens is 280 g/mol. The number of aryl methyl sites for hydroxylation is 1. The molecule has 1 aromatic carbocycles. The second-order valence-electron chi connectivity index (χ2n) is 4.96. The third kappa shape index (κ3) is 2.30. The number of hydrogen-bond acceptors (Lipinski definition) is 3. The van der Waals surface area contributed by atoms with Crippen LogP contribution in [0.25, 0.3) is 16.9 Å². The van der Waals surface area contributed by atoms with Crippen molar-refractivity contribution in [3.8, 4) is 17.0 Å². The summed E-state index contributed by atoms with van der Waals surface area (Å²) in [6, 6.07) is 11.0. The summed E-state index contributed by atoms with van der Waals surface area (Å²) in [5, 5.41) is 9.56. The zero-order chi connectivity index (χ0) is 15.7. The average molecular weight is 296 g/mol. The second kappa shape index (κ2) is 5.52. The maximum Gasteiger partial charge on any atom is 0.355 e. The van der Waals surface area contributed by atoms with Crippen molar-refractivity contribution in [2.24, 2.45) is 0 Å². The van der Waals surface area contributed by atoms with Crippen LogP contribution in [0, 0.1) is 6.92 Å². The number of carboxylic acids is 1. The first kappa shape index (κ1) is 14.1. The second-order valence-corrected chi connectivity index (χ2v) is 4.96. The summed E-state index contributed by atoms with van der Waals surface area (Å²) >= 11 is 0. The first-order chi connectivity index (χ1) is 10.6. The van der Waals surface area contributed by atoms with Gasteiger partial charge < -0.3 is 9.84 Å². The van der Waals surface area contributed by atoms with E-state index in [1.807, 2.05) is 50.2 Å². The van der Waals surface area contributed by atoms with E-state index in [1.54, 1.807) is 10.6 Å². The van der Waals surface area contributed by atoms with E-state index in [1.165, 1.54) is 0 Å². The Kier molecular flexibility index (Phi) is 3.55. The van der Waals surface area contributed by atoms with E-state index >= 15 is 0 Å². The molecule has 0 aliphatic heterocycles. The van der Waals surface area contributed by atoms with Gasteiger partial charge in [0, 0.05) is 11.8 Å². The maximum absolute atomic E-state index is 11.7. The van der Waals surface area contributed by atoms with Gasteiger partial charge in [-0.05, 0) is 49.7 Å². The SMILES string of the molecule is CCOc1ccc(-c2nc3c(C)cccn3c2C(=O)O)cc1. The van der Waals surface area contributed by atoms with E-state index in [2.05, 4.69) is 4.98 Å². The van der Waals surface area contributed by atoms with Gasteiger partial charge in [0.25, 0.3) is 0 Å². The number of carboxylic acid groups (broad SMARTS) is 1. The number of benzene rings is 1. The van der Waals surface area contributed by atoms with Crippen molar-refractivity contribution in [1.29, 1.82) is 0 Å². The molecule has 2 aromatic heterocycles. The molecule has 0 saturated carbocycles. The van der Waals surface area contributed by atoms with E-state index in [9.17, 15) is 9.90 Å². The van der Waals surface area contributed by atoms with Crippen LogP contribution in [-0.4, -0.2) is 27.1 Å². The summed E-state index contributed by atoms with van der Waals surface area (Å²) in [6.45, 7) is 4.42. The molecule has 0 fully saturated rings. The van der Waals surface area contributed by atoms with Crippen LogP contribution >= 0.6 is 0 Å². The summed E-state index contributed by atoms with van der Waals surface area (Å²) in [7, 11) is 0. The Labute approximate surface area is 127 Å². The highest BCUT2D eigenvalue weighted by Gasteiger charge is 2.20. The summed E-state index contributed by atoms with van der Waals surface area (Å²) in [5.74, 6) is -0.245. The van der Waals surface area contributed by atoms with Crippen LogP contribution in [0.1, 0.15) is 23.0 Å². The lowest BCUT2D eigenvalue weighted by Gasteiger charge is -2.04. The molecule has 22 heavy (non-hydrogen) atoms. The lowest BCUT2D eigenvalue weighted by Crippen LogP contribution is -2.03. The summed E-state index contributed by atoms with van der Waals surface area (Å²) in [6.07, 6.45) is 1.72. The van der Waals surface area contributed by atoms with Gasteiger partial charge in [-0.1, -0.05) is 6.07 Å². The fourth-order valence-corrected chi connectivity index (χ4v) is 2.49. The Morgan fingerprint density at radius 2 is 2.00 bits per heavy atom. The number of rotatable bonds is 4. The average Bonchev–Trinajstić information content (AvgIpc) is 2.89. The minimum atomic E-state index is -0.998. The number of hydrogen-bond donors (Lipinski definition) is 1. The molecule has 2 heterocycles. The molecule has 3 rings (SSSR count). The molecule has 0 aliphatic carbocycles. The predicted octanol–water partition coefficient (Wildman–Crippen LogP) is 3.41. The number of aromatic carboxylic acids is 1. The molecule has 0 atom stereocenters. The lowest BCUT2D eigenvalue weighted by molar-refractivity contribution is 0.0690. The van der Waals surface area contributed by atoms with Crippen molar-refractivity contribution in [2.45, 2.75) is 13.8 Å². The van der Waals surface area contributed by atoms with Crippen molar-refractivity contribution in [3.05, 3.63) is 53.9 Å². The molecule has 112 valence electrons. The number of ether oxygens (including phenoxy) is 1. The fourth-order valence-electron chi connectivity index (χ4n) is 2.49. The molecule has 0 spiro atoms. The van der Waals surface area contributed by atoms with E-state index < -0.39 is 5.97 Å². The highest BCUT2D eigenvalue weighted by atomic mass is 16.5. The lowest BCUT2D eigenvalue weighted by atomic mass is 10.1. The molecule has 0 radical (unpaired) electrons. The summed E-state index contributed by atoms with van der Waals surface area (Å²) < 4.78 is 7.03. The summed E-state index contributed by atoms with van der Waals surface area (Å²) in [4.78, 5) is 16.2. The van der Waals surface area contributed by atoms with Crippen LogP contribution in [0.2, 0.25) is 0 Å². The highest BCUT2D eigenvalue weighted by molar-refractivity contribution is 5.95. The number of nitrogens with zero attached hydrogens (tertiary/aromatic N) is 2. The Morgan fingerprint density at radius 3 is 2.64 bits per heavy atom. The standard InChI is InChI=1S/C17H16N2O3/c1-3-22-13-8-6-12(7-9-13)14-15(17(20)21)19-10-4-5-11(2)16(19)18-14/h4-10H,3H2,1-2H3,(H,20,21). The topological polar surface area (TPSA) is 63.8 Å². The van der Waals surface area contributed by atoms with Gasteiger partial charge in [-0.15, -0.1) is 0 Å². The smallest absolute Gasteiger partial charge is 0.355 e. The molecule has 0 bridgehead atoms. The molecule has 5 heteroatoms. The summed E-state index contributed by atoms with van der Waals surface area (Å²) in [5.41, 5.74) is 2.97. The van der Waals surface area contributed by atoms with Crippen LogP contribution in [0.4, 0.5) is 0 Å². The first-order valence-electron chi connectivity index (χ1n) is 7.06. The first-order valence-corrected chi connectivity index (χ1v) is 7.06. The van der Waals surface area contributed by atoms with E-state index in [0.29, 0.717) is 17.9 Å². The Hall–Kier alpha value is -2.82. The Bertz CT molecular complexity index is 835. The van der Waals surface area contributed by atoms with E-state index in [4.69, 9.17) is 4.74 Å². The third-order valence-electron chi connectivity index (χ3n) is 3.49. The fraction of sp³-hybridized carbons (Fsp3) is 0.176. The third-order valence-corrected chi connectivity index (χ3v) is 3.49. The minimum absolute atomic E-state index is 0.169. The Balaban J connectivity index is 2.19. The van der Waals surface area contributed by atoms with Crippen molar-refractivity contribution in [1.82, 2.24) is 9.38 Å². The van der Waals surface area contributed by atoms with Crippen LogP contribution in [0.5, 0.6) is 5.75 Å². The van der Waals surface area contributed by atoms with Crippen LogP contribution < -0.4 is 4.74 Å². The van der Waals surface area contributed by atoms with Gasteiger partial charge >= 0.3 is 5.97 Å². The van der Waals surface area contributed by atoms with Gasteiger partial charge in [0.15, 0.2) is 5.69 Å². The van der Waals surface area contributed by atoms with E-state index in [-0.39, 0.29) is 5.69 Å². The molecule has 0 unspecified atom stereocenters. The van der Waals surface area contributed by atoms with Crippen molar-refractivity contribution >= 4 is 11.6 Å². The van der Waals surface area contributed by atoms with E-state index in [0.717, 1.165) is 16.9 Å². The van der Waals surface area contributed by atoms with Crippen LogP contribution in [0.3, 0.4) is 0 Å². The largest absolute Gasteiger partial charge is 0.494 e. The zero-order valence-electron chi connectivity index (χ0n) is 12.4. The molecule has 0 aliphatic rings. The normalized spacial score (nSPS) is 10.8. The molecular formula is C17H16N2O3. The van der Waals surface area contributed by atoms with Crippen molar-refractivity contribution in [2.75, 3.05) is 6.61 Å². The van der Waals surface area contributed by atoms with Crippen molar-refractivity contribution < 1.29 is 14.6 Å². The number of carbonyl (C=O) groups is 1. The van der Waals surface area contributed by atoms with Gasteiger partial charge in [-0.3, -0.25) is 4.40 Å². The highest BCUT2D eigenvalue weighted by Crippen LogP contribution is 2.27. The van der Waals surface area contributed by atoms with Crippen molar-refractivity contribution in [3.63, 3.8) is 0 Å². The van der Waals surface area contributed by atoms with Crippen LogP contribution in [-0.2, 0) is 0 Å². The molecule has 0 saturated heterocycles. The predicted molar refractivity (Wildman–Crippen MR) is 83.5 cm³/mol. The van der Waals surface area contributed by atoms with Gasteiger partial charge in [-0.25, -0.2) is 9.78 Å². The molecule has 5 nitrogen and oxygen atoms in total.